The fourth-order valence-electron chi connectivity index (χ4n) is 3.84. The molecule has 2 heterocycles. The first-order chi connectivity index (χ1) is 18.7. The van der Waals surface area contributed by atoms with E-state index < -0.39 is 6.04 Å². The van der Waals surface area contributed by atoms with Gasteiger partial charge < -0.3 is 30.5 Å². The van der Waals surface area contributed by atoms with Gasteiger partial charge in [0.2, 0.25) is 23.6 Å². The van der Waals surface area contributed by atoms with Crippen molar-refractivity contribution in [3.8, 4) is 17.7 Å². The number of carbonyl (C=O) groups excluding carboxylic acids is 2. The molecule has 1 aliphatic carbocycles. The lowest BCUT2D eigenvalue weighted by molar-refractivity contribution is -0.135. The molecule has 2 amide bonds. The van der Waals surface area contributed by atoms with Gasteiger partial charge in [0.25, 0.3) is 0 Å². The normalized spacial score (nSPS) is 17.0. The number of anilines is 3. The first-order valence-corrected chi connectivity index (χ1v) is 12.9. The number of amides is 2. The molecule has 11 heteroatoms. The molecule has 0 bridgehead atoms. The van der Waals surface area contributed by atoms with Crippen LogP contribution in [0.3, 0.4) is 0 Å². The smallest absolute Gasteiger partial charge is 0.246 e. The quantitative estimate of drug-likeness (QED) is 0.294. The van der Waals surface area contributed by atoms with Gasteiger partial charge in [-0.3, -0.25) is 9.59 Å². The Morgan fingerprint density at radius 2 is 1.97 bits per heavy atom. The van der Waals surface area contributed by atoms with Crippen LogP contribution in [0.1, 0.15) is 25.3 Å². The van der Waals surface area contributed by atoms with Gasteiger partial charge >= 0.3 is 0 Å². The second-order valence-electron chi connectivity index (χ2n) is 9.76. The van der Waals surface area contributed by atoms with Crippen LogP contribution in [0.2, 0.25) is 0 Å². The van der Waals surface area contributed by atoms with E-state index in [2.05, 4.69) is 42.7 Å². The fraction of sp³-hybridized carbons (Fsp3) is 0.464. The number of likely N-dealkylation sites (N-methyl/N-ethyl adjacent to an activating group) is 2. The summed E-state index contributed by atoms with van der Waals surface area (Å²) in [6.07, 6.45) is 8.43. The molecule has 3 rings (SSSR count). The van der Waals surface area contributed by atoms with Crippen LogP contribution in [-0.2, 0) is 9.59 Å². The summed E-state index contributed by atoms with van der Waals surface area (Å²) in [6.45, 7) is 2.96. The molecule has 0 radical (unpaired) electrons. The third kappa shape index (κ3) is 8.68. The lowest BCUT2D eigenvalue weighted by Crippen LogP contribution is -2.47. The minimum Gasteiger partial charge on any atom is -0.481 e. The van der Waals surface area contributed by atoms with Crippen LogP contribution in [0, 0.1) is 23.7 Å². The maximum Gasteiger partial charge on any atom is 0.246 e. The zero-order valence-corrected chi connectivity index (χ0v) is 23.5. The molecule has 0 aliphatic heterocycles. The van der Waals surface area contributed by atoms with Crippen molar-refractivity contribution in [2.45, 2.75) is 25.8 Å². The van der Waals surface area contributed by atoms with Crippen LogP contribution >= 0.6 is 0 Å². The number of carbonyl (C=O) groups is 2. The summed E-state index contributed by atoms with van der Waals surface area (Å²) in [6, 6.07) is 3.07. The van der Waals surface area contributed by atoms with Crippen LogP contribution in [0.15, 0.2) is 36.7 Å². The molecule has 39 heavy (non-hydrogen) atoms. The van der Waals surface area contributed by atoms with E-state index in [1.165, 1.54) is 11.0 Å². The Balaban J connectivity index is 1.50. The number of methoxy groups -OCH3 is 1. The van der Waals surface area contributed by atoms with Gasteiger partial charge in [-0.15, -0.1) is 0 Å². The number of hydrogen-bond acceptors (Lipinski definition) is 9. The Kier molecular flexibility index (Phi) is 10.6. The highest BCUT2D eigenvalue weighted by Gasteiger charge is 2.29. The number of nitrogens with one attached hydrogen (secondary N) is 3. The molecule has 2 aromatic rings. The second kappa shape index (κ2) is 14.1. The van der Waals surface area contributed by atoms with Crippen LogP contribution < -0.4 is 20.7 Å². The highest BCUT2D eigenvalue weighted by molar-refractivity contribution is 5.92. The first kappa shape index (κ1) is 29.4. The molecule has 1 fully saturated rings. The van der Waals surface area contributed by atoms with Gasteiger partial charge in [-0.2, -0.15) is 4.98 Å². The Labute approximate surface area is 230 Å². The predicted molar refractivity (Wildman–Crippen MR) is 152 cm³/mol. The van der Waals surface area contributed by atoms with Crippen molar-refractivity contribution in [1.29, 1.82) is 0 Å². The largest absolute Gasteiger partial charge is 0.481 e. The van der Waals surface area contributed by atoms with Gasteiger partial charge in [-0.25, -0.2) is 9.97 Å². The first-order valence-electron chi connectivity index (χ1n) is 12.9. The van der Waals surface area contributed by atoms with Gasteiger partial charge in [-0.1, -0.05) is 17.9 Å². The minimum atomic E-state index is -0.551. The lowest BCUT2D eigenvalue weighted by Gasteiger charge is -2.32. The lowest BCUT2D eigenvalue weighted by atomic mass is 9.75. The van der Waals surface area contributed by atoms with E-state index in [1.54, 1.807) is 52.7 Å². The molecular weight excluding hydrogens is 496 g/mol. The Hall–Kier alpha value is -4.17. The van der Waals surface area contributed by atoms with Gasteiger partial charge in [-0.05, 0) is 45.8 Å². The second-order valence-corrected chi connectivity index (χ2v) is 9.76. The van der Waals surface area contributed by atoms with Gasteiger partial charge in [0.15, 0.2) is 5.82 Å². The van der Waals surface area contributed by atoms with Gasteiger partial charge in [0.1, 0.15) is 6.04 Å². The van der Waals surface area contributed by atoms with Crippen molar-refractivity contribution in [3.63, 3.8) is 0 Å². The van der Waals surface area contributed by atoms with Crippen molar-refractivity contribution in [2.24, 2.45) is 11.8 Å². The SMILES string of the molecule is CNc1ncc(C#C[C@H]2C[C@@H](CNC(=O)[C@H](C)N(C)C(=O)/C=C/CN(C)C)C2)c(Nc2ccc(OC)nc2)n1. The molecule has 2 aromatic heterocycles. The zero-order chi connectivity index (χ0) is 28.4. The molecule has 0 aromatic carbocycles. The van der Waals surface area contributed by atoms with Crippen LogP contribution in [0.5, 0.6) is 5.88 Å². The molecule has 0 unspecified atom stereocenters. The molecule has 1 saturated carbocycles. The summed E-state index contributed by atoms with van der Waals surface area (Å²) in [5.41, 5.74) is 1.44. The van der Waals surface area contributed by atoms with Crippen LogP contribution in [-0.4, -0.2) is 91.0 Å². The molecule has 1 aliphatic rings. The molecular formula is C28H38N8O3. The van der Waals surface area contributed by atoms with Crippen molar-refractivity contribution in [2.75, 3.05) is 59.0 Å². The number of pyridine rings is 1. The number of aromatic nitrogens is 3. The Morgan fingerprint density at radius 3 is 2.62 bits per heavy atom. The van der Waals surface area contributed by atoms with Crippen LogP contribution in [0.25, 0.3) is 0 Å². The standard InChI is InChI=1S/C28H38N8O3/c1-19(36(5)25(37)8-7-13-35(3)4)27(38)31-16-21-14-20(15-21)9-10-22-17-32-28(29-2)34-26(22)33-23-11-12-24(39-6)30-18-23/h7-8,11-12,17-21H,13-16H2,1-6H3,(H,31,38)(H2,29,32,33,34)/b8-7+/t19-,20-,21+/m0/s1. The average Bonchev–Trinajstić information content (AvgIpc) is 2.91. The van der Waals surface area contributed by atoms with Crippen LogP contribution in [0.4, 0.5) is 17.5 Å². The van der Waals surface area contributed by atoms with E-state index in [4.69, 9.17) is 4.74 Å². The average molecular weight is 535 g/mol. The summed E-state index contributed by atoms with van der Waals surface area (Å²) in [5.74, 6) is 8.35. The Bertz CT molecular complexity index is 1210. The summed E-state index contributed by atoms with van der Waals surface area (Å²) in [7, 11) is 8.82. The topological polar surface area (TPSA) is 125 Å². The fourth-order valence-corrected chi connectivity index (χ4v) is 3.84. The summed E-state index contributed by atoms with van der Waals surface area (Å²) in [5, 5.41) is 9.17. The third-order valence-electron chi connectivity index (χ3n) is 6.47. The van der Waals surface area contributed by atoms with Crippen molar-refractivity contribution < 1.29 is 14.3 Å². The summed E-state index contributed by atoms with van der Waals surface area (Å²) < 4.78 is 5.11. The van der Waals surface area contributed by atoms with Crippen molar-refractivity contribution >= 4 is 29.3 Å². The summed E-state index contributed by atoms with van der Waals surface area (Å²) >= 11 is 0. The van der Waals surface area contributed by atoms with E-state index >= 15 is 0 Å². The van der Waals surface area contributed by atoms with E-state index in [0.717, 1.165) is 18.5 Å². The summed E-state index contributed by atoms with van der Waals surface area (Å²) in [4.78, 5) is 41.3. The highest BCUT2D eigenvalue weighted by Crippen LogP contribution is 2.33. The number of hydrogen-bond donors (Lipinski definition) is 3. The molecule has 11 nitrogen and oxygen atoms in total. The predicted octanol–water partition coefficient (Wildman–Crippen LogP) is 2.12. The third-order valence-corrected chi connectivity index (χ3v) is 6.47. The van der Waals surface area contributed by atoms with Gasteiger partial charge in [0.05, 0.1) is 30.8 Å². The van der Waals surface area contributed by atoms with Gasteiger partial charge in [0, 0.05) is 45.2 Å². The van der Waals surface area contributed by atoms with Crippen molar-refractivity contribution in [3.05, 3.63) is 42.2 Å². The maximum absolute atomic E-state index is 12.6. The van der Waals surface area contributed by atoms with E-state index in [0.29, 0.717) is 42.2 Å². The monoisotopic (exact) mass is 534 g/mol. The molecule has 0 saturated heterocycles. The molecule has 3 N–H and O–H groups in total. The number of ether oxygens (including phenoxy) is 1. The molecule has 1 atom stereocenters. The van der Waals surface area contributed by atoms with E-state index in [9.17, 15) is 9.59 Å². The minimum absolute atomic E-state index is 0.160. The Morgan fingerprint density at radius 1 is 1.21 bits per heavy atom. The van der Waals surface area contributed by atoms with E-state index in [1.807, 2.05) is 25.1 Å². The highest BCUT2D eigenvalue weighted by atomic mass is 16.5. The molecule has 208 valence electrons. The maximum atomic E-state index is 12.6. The van der Waals surface area contributed by atoms with Crippen molar-refractivity contribution in [1.82, 2.24) is 30.1 Å². The van der Waals surface area contributed by atoms with E-state index in [-0.39, 0.29) is 17.7 Å². The zero-order valence-electron chi connectivity index (χ0n) is 23.5. The number of nitrogens with zero attached hydrogens (tertiary/aromatic N) is 5. The molecule has 0 spiro atoms. The number of rotatable bonds is 11.